The Bertz CT molecular complexity index is 186. The third-order valence-electron chi connectivity index (χ3n) is 1.05. The van der Waals surface area contributed by atoms with Gasteiger partial charge in [0, 0.05) is 13.2 Å². The molecule has 0 N–H and O–H groups in total. The summed E-state index contributed by atoms with van der Waals surface area (Å²) in [5, 5.41) is 0. The lowest BCUT2D eigenvalue weighted by molar-refractivity contribution is -0.0970. The number of hydrogen-bond acceptors (Lipinski definition) is 2. The third kappa shape index (κ3) is 5.80. The fraction of sp³-hybridized carbons (Fsp3) is 0.600. The molecule has 0 aromatic heterocycles. The second kappa shape index (κ2) is 8.14. The van der Waals surface area contributed by atoms with Crippen LogP contribution in [0.25, 0.3) is 0 Å². The molecular weight excluding hydrogens is 152 g/mol. The normalized spacial score (nSPS) is 8.83. The van der Waals surface area contributed by atoms with Gasteiger partial charge in [-0.2, -0.15) is 0 Å². The molecule has 0 heterocycles. The Morgan fingerprint density at radius 2 is 1.83 bits per heavy atom. The van der Waals surface area contributed by atoms with Gasteiger partial charge in [-0.05, 0) is 19.8 Å². The Kier molecular flexibility index (Phi) is 7.49. The van der Waals surface area contributed by atoms with Gasteiger partial charge in [0.25, 0.3) is 0 Å². The van der Waals surface area contributed by atoms with Gasteiger partial charge < -0.3 is 9.47 Å². The van der Waals surface area contributed by atoms with Crippen molar-refractivity contribution >= 4 is 0 Å². The molecule has 66 valence electrons. The molecule has 0 fully saturated rings. The molecule has 0 spiro atoms. The molecule has 2 heteroatoms. The van der Waals surface area contributed by atoms with Gasteiger partial charge in [0.2, 0.25) is 6.29 Å². The first-order valence-electron chi connectivity index (χ1n) is 4.00. The van der Waals surface area contributed by atoms with Crippen LogP contribution in [-0.2, 0) is 9.47 Å². The quantitative estimate of drug-likeness (QED) is 0.464. The van der Waals surface area contributed by atoms with E-state index in [0.717, 1.165) is 0 Å². The summed E-state index contributed by atoms with van der Waals surface area (Å²) in [5.41, 5.74) is 0. The first-order chi connectivity index (χ1) is 5.85. The first-order valence-corrected chi connectivity index (χ1v) is 4.00. The average Bonchev–Trinajstić information content (AvgIpc) is 2.06. The highest BCUT2D eigenvalue weighted by atomic mass is 16.7. The summed E-state index contributed by atoms with van der Waals surface area (Å²) in [4.78, 5) is 0. The van der Waals surface area contributed by atoms with Gasteiger partial charge in [-0.3, -0.25) is 0 Å². The molecule has 0 bridgehead atoms. The fourth-order valence-electron chi connectivity index (χ4n) is 0.620. The lowest BCUT2D eigenvalue weighted by atomic mass is 10.4. The van der Waals surface area contributed by atoms with Crippen LogP contribution in [0, 0.1) is 24.2 Å². The number of rotatable bonds is 4. The van der Waals surface area contributed by atoms with Crippen LogP contribution in [0.2, 0.25) is 0 Å². The molecule has 0 aliphatic heterocycles. The molecule has 0 rings (SSSR count). The Balaban J connectivity index is 3.80. The number of terminal acetylenes is 1. The van der Waals surface area contributed by atoms with E-state index in [1.54, 1.807) is 0 Å². The molecule has 0 saturated heterocycles. The third-order valence-corrected chi connectivity index (χ3v) is 1.05. The zero-order valence-corrected chi connectivity index (χ0v) is 7.59. The minimum Gasteiger partial charge on any atom is -0.342 e. The van der Waals surface area contributed by atoms with Crippen molar-refractivity contribution in [2.45, 2.75) is 26.6 Å². The van der Waals surface area contributed by atoms with Crippen LogP contribution in [0.4, 0.5) is 0 Å². The van der Waals surface area contributed by atoms with Crippen molar-refractivity contribution in [1.29, 1.82) is 0 Å². The summed E-state index contributed by atoms with van der Waals surface area (Å²) in [7, 11) is 0. The zero-order valence-electron chi connectivity index (χ0n) is 7.59. The molecule has 0 amide bonds. The van der Waals surface area contributed by atoms with Crippen LogP contribution >= 0.6 is 0 Å². The molecule has 0 aliphatic rings. The fourth-order valence-corrected chi connectivity index (χ4v) is 0.620. The molecular formula is C10H14O2. The zero-order chi connectivity index (χ0) is 9.23. The summed E-state index contributed by atoms with van der Waals surface area (Å²) >= 11 is 0. The van der Waals surface area contributed by atoms with Gasteiger partial charge in [-0.1, -0.05) is 11.8 Å². The standard InChI is InChI=1S/C10H14O2/c1-4-7-8-9-10(11-5-2)12-6-3/h1,10H,5-7H2,2-3H3. The van der Waals surface area contributed by atoms with Crippen molar-refractivity contribution in [2.24, 2.45) is 0 Å². The minimum absolute atomic E-state index is 0.423. The van der Waals surface area contributed by atoms with Crippen LogP contribution < -0.4 is 0 Å². The van der Waals surface area contributed by atoms with E-state index in [0.29, 0.717) is 19.6 Å². The van der Waals surface area contributed by atoms with Crippen molar-refractivity contribution in [3.05, 3.63) is 0 Å². The molecule has 0 aromatic carbocycles. The summed E-state index contributed by atoms with van der Waals surface area (Å²) in [6, 6.07) is 0. The van der Waals surface area contributed by atoms with E-state index in [1.165, 1.54) is 0 Å². The van der Waals surface area contributed by atoms with Crippen molar-refractivity contribution in [3.8, 4) is 24.2 Å². The lowest BCUT2D eigenvalue weighted by Gasteiger charge is -2.09. The topological polar surface area (TPSA) is 18.5 Å². The molecule has 0 aromatic rings. The van der Waals surface area contributed by atoms with E-state index >= 15 is 0 Å². The predicted octanol–water partition coefficient (Wildman–Crippen LogP) is 1.41. The van der Waals surface area contributed by atoms with Crippen molar-refractivity contribution in [1.82, 2.24) is 0 Å². The molecule has 12 heavy (non-hydrogen) atoms. The van der Waals surface area contributed by atoms with Crippen LogP contribution in [0.15, 0.2) is 0 Å². The molecule has 0 atom stereocenters. The van der Waals surface area contributed by atoms with Gasteiger partial charge in [0.1, 0.15) is 0 Å². The average molecular weight is 166 g/mol. The summed E-state index contributed by atoms with van der Waals surface area (Å²) in [5.74, 6) is 7.98. The maximum atomic E-state index is 5.16. The summed E-state index contributed by atoms with van der Waals surface area (Å²) in [6.45, 7) is 4.98. The maximum Gasteiger partial charge on any atom is 0.222 e. The first kappa shape index (κ1) is 11.0. The van der Waals surface area contributed by atoms with E-state index < -0.39 is 6.29 Å². The minimum atomic E-state index is -0.423. The summed E-state index contributed by atoms with van der Waals surface area (Å²) in [6.07, 6.45) is 5.05. The Hall–Kier alpha value is -0.960. The molecule has 0 radical (unpaired) electrons. The van der Waals surface area contributed by atoms with E-state index in [4.69, 9.17) is 15.9 Å². The maximum absolute atomic E-state index is 5.16. The van der Waals surface area contributed by atoms with Crippen LogP contribution in [0.1, 0.15) is 20.3 Å². The lowest BCUT2D eigenvalue weighted by Crippen LogP contribution is -2.14. The Labute approximate surface area is 74.2 Å². The number of hydrogen-bond donors (Lipinski definition) is 0. The summed E-state index contributed by atoms with van der Waals surface area (Å²) < 4.78 is 10.3. The van der Waals surface area contributed by atoms with Gasteiger partial charge in [0.15, 0.2) is 0 Å². The molecule has 0 unspecified atom stereocenters. The van der Waals surface area contributed by atoms with Crippen LogP contribution in [0.5, 0.6) is 0 Å². The Morgan fingerprint density at radius 3 is 2.25 bits per heavy atom. The monoisotopic (exact) mass is 166 g/mol. The Morgan fingerprint density at radius 1 is 1.25 bits per heavy atom. The van der Waals surface area contributed by atoms with Gasteiger partial charge in [-0.15, -0.1) is 6.42 Å². The van der Waals surface area contributed by atoms with Crippen LogP contribution in [-0.4, -0.2) is 19.5 Å². The SMILES string of the molecule is C#CCC#CC(OCC)OCC. The smallest absolute Gasteiger partial charge is 0.222 e. The van der Waals surface area contributed by atoms with Crippen molar-refractivity contribution < 1.29 is 9.47 Å². The van der Waals surface area contributed by atoms with E-state index in [9.17, 15) is 0 Å². The highest BCUT2D eigenvalue weighted by molar-refractivity contribution is 5.09. The van der Waals surface area contributed by atoms with E-state index in [-0.39, 0.29) is 0 Å². The van der Waals surface area contributed by atoms with Crippen molar-refractivity contribution in [3.63, 3.8) is 0 Å². The van der Waals surface area contributed by atoms with E-state index in [2.05, 4.69) is 17.8 Å². The highest BCUT2D eigenvalue weighted by Crippen LogP contribution is 1.92. The molecule has 0 aliphatic carbocycles. The van der Waals surface area contributed by atoms with Gasteiger partial charge in [-0.25, -0.2) is 0 Å². The van der Waals surface area contributed by atoms with Gasteiger partial charge in [0.05, 0.1) is 6.42 Å². The predicted molar refractivity (Wildman–Crippen MR) is 48.3 cm³/mol. The van der Waals surface area contributed by atoms with Gasteiger partial charge >= 0.3 is 0 Å². The van der Waals surface area contributed by atoms with Crippen LogP contribution in [0.3, 0.4) is 0 Å². The number of ether oxygens (including phenoxy) is 2. The highest BCUT2D eigenvalue weighted by Gasteiger charge is 2.00. The largest absolute Gasteiger partial charge is 0.342 e. The van der Waals surface area contributed by atoms with Crippen molar-refractivity contribution in [2.75, 3.05) is 13.2 Å². The van der Waals surface area contributed by atoms with E-state index in [1.807, 2.05) is 13.8 Å². The molecule has 2 nitrogen and oxygen atoms in total. The molecule has 0 saturated carbocycles. The second-order valence-corrected chi connectivity index (χ2v) is 1.94. The second-order valence-electron chi connectivity index (χ2n) is 1.94.